The summed E-state index contributed by atoms with van der Waals surface area (Å²) in [6, 6.07) is 10.1. The number of ether oxygens (including phenoxy) is 1. The van der Waals surface area contributed by atoms with E-state index in [1.54, 1.807) is 24.3 Å². The molecule has 1 fully saturated rings. The minimum Gasteiger partial charge on any atom is -0.497 e. The second kappa shape index (κ2) is 9.10. The summed E-state index contributed by atoms with van der Waals surface area (Å²) in [7, 11) is 1.48. The number of alkyl halides is 3. The Kier molecular flexibility index (Phi) is 6.63. The van der Waals surface area contributed by atoms with Gasteiger partial charge < -0.3 is 20.5 Å². The summed E-state index contributed by atoms with van der Waals surface area (Å²) in [5.74, 6) is -0.933. The smallest absolute Gasteiger partial charge is 0.416 e. The monoisotopic (exact) mass is 465 g/mol. The summed E-state index contributed by atoms with van der Waals surface area (Å²) in [5, 5.41) is 15.0. The van der Waals surface area contributed by atoms with Crippen LogP contribution in [0.1, 0.15) is 29.7 Å². The molecular formula is C22H22F3N3O5. The van der Waals surface area contributed by atoms with Crippen molar-refractivity contribution in [2.45, 2.75) is 24.7 Å². The third-order valence-corrected chi connectivity index (χ3v) is 5.36. The fraction of sp³-hybridized carbons (Fsp3) is 0.318. The number of halogens is 3. The Bertz CT molecular complexity index is 1060. The van der Waals surface area contributed by atoms with Gasteiger partial charge in [-0.15, -0.1) is 0 Å². The van der Waals surface area contributed by atoms with Crippen molar-refractivity contribution >= 4 is 17.8 Å². The number of hydrogen-bond acceptors (Lipinski definition) is 5. The predicted molar refractivity (Wildman–Crippen MR) is 110 cm³/mol. The first-order valence-corrected chi connectivity index (χ1v) is 9.87. The van der Waals surface area contributed by atoms with E-state index in [1.165, 1.54) is 26.2 Å². The Morgan fingerprint density at radius 1 is 1.18 bits per heavy atom. The number of benzene rings is 2. The molecule has 1 aliphatic rings. The highest BCUT2D eigenvalue weighted by molar-refractivity contribution is 6.09. The van der Waals surface area contributed by atoms with Crippen LogP contribution in [0.2, 0.25) is 0 Å². The van der Waals surface area contributed by atoms with Gasteiger partial charge in [-0.3, -0.25) is 14.5 Å². The van der Waals surface area contributed by atoms with Gasteiger partial charge in [-0.2, -0.15) is 13.2 Å². The molecule has 0 aromatic heterocycles. The van der Waals surface area contributed by atoms with E-state index in [1.807, 2.05) is 0 Å². The zero-order valence-electron chi connectivity index (χ0n) is 17.8. The number of carbonyl (C=O) groups is 3. The average Bonchev–Trinajstić information content (AvgIpc) is 3.00. The maximum absolute atomic E-state index is 13.1. The number of urea groups is 1. The molecule has 1 aliphatic heterocycles. The van der Waals surface area contributed by atoms with E-state index in [0.29, 0.717) is 16.2 Å². The lowest BCUT2D eigenvalue weighted by molar-refractivity contribution is -0.139. The van der Waals surface area contributed by atoms with E-state index in [-0.39, 0.29) is 0 Å². The van der Waals surface area contributed by atoms with Gasteiger partial charge in [0, 0.05) is 6.54 Å². The van der Waals surface area contributed by atoms with Crippen molar-refractivity contribution < 1.29 is 37.4 Å². The van der Waals surface area contributed by atoms with Crippen molar-refractivity contribution in [3.63, 3.8) is 0 Å². The first-order chi connectivity index (χ1) is 15.5. The van der Waals surface area contributed by atoms with Crippen LogP contribution >= 0.6 is 0 Å². The number of imide groups is 1. The van der Waals surface area contributed by atoms with Crippen LogP contribution in [0.3, 0.4) is 0 Å². The van der Waals surface area contributed by atoms with E-state index in [4.69, 9.17) is 4.74 Å². The van der Waals surface area contributed by atoms with Gasteiger partial charge in [0.1, 0.15) is 17.8 Å². The molecule has 176 valence electrons. The second-order valence-corrected chi connectivity index (χ2v) is 7.58. The summed E-state index contributed by atoms with van der Waals surface area (Å²) in [4.78, 5) is 38.3. The fourth-order valence-corrected chi connectivity index (χ4v) is 3.53. The number of aliphatic hydroxyl groups excluding tert-OH is 1. The number of rotatable bonds is 7. The fourth-order valence-electron chi connectivity index (χ4n) is 3.53. The van der Waals surface area contributed by atoms with Crippen molar-refractivity contribution in [3.8, 4) is 5.75 Å². The first kappa shape index (κ1) is 24.1. The van der Waals surface area contributed by atoms with Gasteiger partial charge in [-0.1, -0.05) is 30.3 Å². The maximum Gasteiger partial charge on any atom is 0.416 e. The van der Waals surface area contributed by atoms with Crippen LogP contribution in [0.5, 0.6) is 5.75 Å². The van der Waals surface area contributed by atoms with E-state index < -0.39 is 59.9 Å². The van der Waals surface area contributed by atoms with E-state index in [2.05, 4.69) is 10.6 Å². The Morgan fingerprint density at radius 2 is 1.82 bits per heavy atom. The summed E-state index contributed by atoms with van der Waals surface area (Å²) < 4.78 is 44.4. The van der Waals surface area contributed by atoms with Gasteiger partial charge in [0.05, 0.1) is 18.8 Å². The molecule has 3 rings (SSSR count). The molecule has 0 saturated carbocycles. The van der Waals surface area contributed by atoms with Gasteiger partial charge in [0.25, 0.3) is 5.91 Å². The number of carbonyl (C=O) groups excluding carboxylic acids is 3. The lowest BCUT2D eigenvalue weighted by Gasteiger charge is -2.22. The second-order valence-electron chi connectivity index (χ2n) is 7.58. The van der Waals surface area contributed by atoms with Gasteiger partial charge in [-0.05, 0) is 36.2 Å². The molecule has 0 bridgehead atoms. The van der Waals surface area contributed by atoms with Crippen LogP contribution < -0.4 is 15.4 Å². The van der Waals surface area contributed by atoms with E-state index in [9.17, 15) is 32.7 Å². The highest BCUT2D eigenvalue weighted by Crippen LogP contribution is 2.34. The highest BCUT2D eigenvalue weighted by atomic mass is 19.4. The maximum atomic E-state index is 13.1. The number of nitrogens with one attached hydrogen (secondary N) is 2. The molecule has 3 N–H and O–H groups in total. The molecule has 2 aromatic carbocycles. The van der Waals surface area contributed by atoms with Gasteiger partial charge in [0.15, 0.2) is 0 Å². The third-order valence-electron chi connectivity index (χ3n) is 5.36. The number of methoxy groups -OCH3 is 1. The number of amides is 4. The summed E-state index contributed by atoms with van der Waals surface area (Å²) in [6.45, 7) is 0.292. The molecule has 2 unspecified atom stereocenters. The van der Waals surface area contributed by atoms with Crippen LogP contribution in [0.15, 0.2) is 48.5 Å². The third kappa shape index (κ3) is 4.92. The van der Waals surface area contributed by atoms with Crippen LogP contribution in [0.4, 0.5) is 18.0 Å². The quantitative estimate of drug-likeness (QED) is 0.544. The molecule has 4 amide bonds. The predicted octanol–water partition coefficient (Wildman–Crippen LogP) is 2.33. The Morgan fingerprint density at radius 3 is 2.42 bits per heavy atom. The van der Waals surface area contributed by atoms with Crippen molar-refractivity contribution in [2.24, 2.45) is 0 Å². The van der Waals surface area contributed by atoms with Crippen LogP contribution in [0.25, 0.3) is 0 Å². The number of aliphatic hydroxyl groups is 1. The van der Waals surface area contributed by atoms with Gasteiger partial charge in [0.2, 0.25) is 5.91 Å². The first-order valence-electron chi connectivity index (χ1n) is 9.87. The molecule has 1 heterocycles. The largest absolute Gasteiger partial charge is 0.497 e. The molecule has 0 spiro atoms. The molecule has 33 heavy (non-hydrogen) atoms. The van der Waals surface area contributed by atoms with Gasteiger partial charge >= 0.3 is 12.2 Å². The Labute approximate surface area is 187 Å². The van der Waals surface area contributed by atoms with Crippen molar-refractivity contribution in [1.82, 2.24) is 15.5 Å². The minimum atomic E-state index is -4.67. The standard InChI is InChI=1S/C22H22F3N3O5/c1-21(13-7-9-14(33-2)10-8-13)19(31)28(20(32)27-21)12-18(30)26-11-17(29)15-5-3-4-6-16(15)22(23,24)25/h3-10,17,29H,11-12H2,1-2H3,(H,26,30)(H,27,32). The van der Waals surface area contributed by atoms with Crippen molar-refractivity contribution in [3.05, 3.63) is 65.2 Å². The number of hydrogen-bond donors (Lipinski definition) is 3. The van der Waals surface area contributed by atoms with E-state index in [0.717, 1.165) is 12.1 Å². The number of nitrogens with zero attached hydrogens (tertiary/aromatic N) is 1. The van der Waals surface area contributed by atoms with Crippen LogP contribution in [0, 0.1) is 0 Å². The lowest BCUT2D eigenvalue weighted by atomic mass is 9.92. The molecule has 0 radical (unpaired) electrons. The molecule has 8 nitrogen and oxygen atoms in total. The molecule has 0 aliphatic carbocycles. The van der Waals surface area contributed by atoms with Gasteiger partial charge in [-0.25, -0.2) is 4.79 Å². The molecule has 1 saturated heterocycles. The molecular weight excluding hydrogens is 443 g/mol. The average molecular weight is 465 g/mol. The molecule has 11 heteroatoms. The zero-order chi connectivity index (χ0) is 24.4. The van der Waals surface area contributed by atoms with Crippen LogP contribution in [-0.2, 0) is 21.3 Å². The van der Waals surface area contributed by atoms with Crippen LogP contribution in [-0.4, -0.2) is 48.1 Å². The lowest BCUT2D eigenvalue weighted by Crippen LogP contribution is -2.43. The molecule has 2 atom stereocenters. The molecule has 2 aromatic rings. The summed E-state index contributed by atoms with van der Waals surface area (Å²) in [6.07, 6.45) is -6.31. The van der Waals surface area contributed by atoms with E-state index >= 15 is 0 Å². The highest BCUT2D eigenvalue weighted by Gasteiger charge is 2.49. The summed E-state index contributed by atoms with van der Waals surface area (Å²) in [5.41, 5.74) is -2.35. The summed E-state index contributed by atoms with van der Waals surface area (Å²) >= 11 is 0. The van der Waals surface area contributed by atoms with Crippen molar-refractivity contribution in [1.29, 1.82) is 0 Å². The zero-order valence-corrected chi connectivity index (χ0v) is 17.8. The normalized spacial score (nSPS) is 19.3. The van der Waals surface area contributed by atoms with Crippen molar-refractivity contribution in [2.75, 3.05) is 20.2 Å². The Hall–Kier alpha value is -3.60. The topological polar surface area (TPSA) is 108 Å². The SMILES string of the molecule is COc1ccc(C2(C)NC(=O)N(CC(=O)NCC(O)c3ccccc3C(F)(F)F)C2=O)cc1. The Balaban J connectivity index is 1.65. The minimum absolute atomic E-state index is 0.396.